The second-order valence-electron chi connectivity index (χ2n) is 4.31. The summed E-state index contributed by atoms with van der Waals surface area (Å²) in [5.74, 6) is 1.02. The van der Waals surface area contributed by atoms with Crippen molar-refractivity contribution in [3.8, 4) is 11.5 Å². The van der Waals surface area contributed by atoms with Gasteiger partial charge in [0.15, 0.2) is 0 Å². The lowest BCUT2D eigenvalue weighted by Gasteiger charge is -2.09. The quantitative estimate of drug-likeness (QED) is 0.885. The van der Waals surface area contributed by atoms with E-state index in [0.29, 0.717) is 23.6 Å². The Morgan fingerprint density at radius 1 is 1.19 bits per heavy atom. The van der Waals surface area contributed by atoms with Crippen molar-refractivity contribution in [1.29, 1.82) is 0 Å². The fourth-order valence-corrected chi connectivity index (χ4v) is 2.91. The van der Waals surface area contributed by atoms with Gasteiger partial charge in [0.25, 0.3) is 5.91 Å². The lowest BCUT2D eigenvalue weighted by atomic mass is 10.2. The number of nitrogens with one attached hydrogen (secondary N) is 1. The van der Waals surface area contributed by atoms with Gasteiger partial charge in [-0.25, -0.2) is 0 Å². The van der Waals surface area contributed by atoms with Crippen LogP contribution in [0.3, 0.4) is 0 Å². The van der Waals surface area contributed by atoms with E-state index < -0.39 is 0 Å². The van der Waals surface area contributed by atoms with Crippen LogP contribution in [-0.2, 0) is 6.42 Å². The van der Waals surface area contributed by atoms with Crippen LogP contribution >= 0.6 is 22.9 Å². The van der Waals surface area contributed by atoms with Crippen LogP contribution < -0.4 is 14.8 Å². The monoisotopic (exact) mass is 325 g/mol. The maximum Gasteiger partial charge on any atom is 0.251 e. The molecular formula is C15H16ClNO3S. The molecule has 1 aromatic heterocycles. The Labute approximate surface area is 132 Å². The molecule has 6 heteroatoms. The minimum absolute atomic E-state index is 0.158. The highest BCUT2D eigenvalue weighted by molar-refractivity contribution is 7.16. The molecule has 0 aliphatic carbocycles. The number of ether oxygens (including phenoxy) is 2. The Bertz CT molecular complexity index is 605. The molecule has 0 aliphatic rings. The van der Waals surface area contributed by atoms with E-state index in [-0.39, 0.29) is 5.91 Å². The summed E-state index contributed by atoms with van der Waals surface area (Å²) in [6.45, 7) is 0.551. The molecule has 1 heterocycles. The highest BCUT2D eigenvalue weighted by Crippen LogP contribution is 2.23. The zero-order valence-corrected chi connectivity index (χ0v) is 13.4. The number of hydrogen-bond donors (Lipinski definition) is 1. The number of halogens is 1. The van der Waals surface area contributed by atoms with E-state index >= 15 is 0 Å². The van der Waals surface area contributed by atoms with Crippen molar-refractivity contribution in [3.05, 3.63) is 45.1 Å². The van der Waals surface area contributed by atoms with E-state index in [1.807, 2.05) is 12.1 Å². The van der Waals surface area contributed by atoms with E-state index in [4.69, 9.17) is 21.1 Å². The average Bonchev–Trinajstić information content (AvgIpc) is 2.92. The van der Waals surface area contributed by atoms with Crippen LogP contribution in [0, 0.1) is 0 Å². The van der Waals surface area contributed by atoms with Crippen molar-refractivity contribution < 1.29 is 14.3 Å². The predicted octanol–water partition coefficient (Wildman–Crippen LogP) is 3.39. The molecule has 0 aliphatic heterocycles. The maximum atomic E-state index is 12.1. The average molecular weight is 326 g/mol. The first-order chi connectivity index (χ1) is 10.1. The molecule has 21 heavy (non-hydrogen) atoms. The number of carbonyl (C=O) groups excluding carboxylic acids is 1. The molecule has 0 bridgehead atoms. The molecule has 0 radical (unpaired) electrons. The molecule has 2 aromatic rings. The summed E-state index contributed by atoms with van der Waals surface area (Å²) in [6, 6.07) is 8.91. The van der Waals surface area contributed by atoms with Crippen molar-refractivity contribution in [2.75, 3.05) is 20.8 Å². The predicted molar refractivity (Wildman–Crippen MR) is 84.9 cm³/mol. The first-order valence-electron chi connectivity index (χ1n) is 6.38. The smallest absolute Gasteiger partial charge is 0.251 e. The number of benzene rings is 1. The number of amides is 1. The molecule has 0 fully saturated rings. The maximum absolute atomic E-state index is 12.1. The van der Waals surface area contributed by atoms with Gasteiger partial charge in [-0.1, -0.05) is 11.6 Å². The van der Waals surface area contributed by atoms with Crippen molar-refractivity contribution >= 4 is 28.8 Å². The lowest BCUT2D eigenvalue weighted by Crippen LogP contribution is -2.25. The third kappa shape index (κ3) is 4.37. The van der Waals surface area contributed by atoms with E-state index in [1.54, 1.807) is 32.4 Å². The first kappa shape index (κ1) is 15.7. The molecule has 0 saturated heterocycles. The van der Waals surface area contributed by atoms with Crippen LogP contribution in [0.25, 0.3) is 0 Å². The van der Waals surface area contributed by atoms with Crippen LogP contribution in [0.5, 0.6) is 11.5 Å². The van der Waals surface area contributed by atoms with Crippen LogP contribution in [-0.4, -0.2) is 26.7 Å². The van der Waals surface area contributed by atoms with Gasteiger partial charge in [0.05, 0.1) is 18.6 Å². The van der Waals surface area contributed by atoms with Crippen molar-refractivity contribution in [2.45, 2.75) is 6.42 Å². The Morgan fingerprint density at radius 2 is 1.86 bits per heavy atom. The van der Waals surface area contributed by atoms with Crippen LogP contribution in [0.2, 0.25) is 4.34 Å². The van der Waals surface area contributed by atoms with E-state index in [2.05, 4.69) is 5.32 Å². The Hall–Kier alpha value is -1.72. The van der Waals surface area contributed by atoms with Crippen molar-refractivity contribution in [1.82, 2.24) is 5.32 Å². The van der Waals surface area contributed by atoms with E-state index in [0.717, 1.165) is 15.6 Å². The van der Waals surface area contributed by atoms with Gasteiger partial charge < -0.3 is 14.8 Å². The molecule has 0 unspecified atom stereocenters. The third-order valence-corrected chi connectivity index (χ3v) is 4.19. The summed E-state index contributed by atoms with van der Waals surface area (Å²) in [4.78, 5) is 13.3. The summed E-state index contributed by atoms with van der Waals surface area (Å²) in [5, 5.41) is 2.87. The van der Waals surface area contributed by atoms with Crippen LogP contribution in [0.4, 0.5) is 0 Å². The number of methoxy groups -OCH3 is 2. The van der Waals surface area contributed by atoms with E-state index in [1.165, 1.54) is 11.3 Å². The Kier molecular flexibility index (Phi) is 5.47. The molecule has 0 atom stereocenters. The Morgan fingerprint density at radius 3 is 2.38 bits per heavy atom. The van der Waals surface area contributed by atoms with Crippen molar-refractivity contribution in [2.24, 2.45) is 0 Å². The largest absolute Gasteiger partial charge is 0.497 e. The van der Waals surface area contributed by atoms with Crippen LogP contribution in [0.1, 0.15) is 15.2 Å². The fourth-order valence-electron chi connectivity index (χ4n) is 1.83. The highest BCUT2D eigenvalue weighted by Gasteiger charge is 2.09. The molecular weight excluding hydrogens is 310 g/mol. The van der Waals surface area contributed by atoms with Gasteiger partial charge in [0.2, 0.25) is 0 Å². The van der Waals surface area contributed by atoms with Gasteiger partial charge in [-0.05, 0) is 30.7 Å². The minimum Gasteiger partial charge on any atom is -0.497 e. The zero-order chi connectivity index (χ0) is 15.2. The second-order valence-corrected chi connectivity index (χ2v) is 6.11. The fraction of sp³-hybridized carbons (Fsp3) is 0.267. The molecule has 1 N–H and O–H groups in total. The molecule has 1 amide bonds. The number of rotatable bonds is 6. The first-order valence-corrected chi connectivity index (χ1v) is 7.57. The highest BCUT2D eigenvalue weighted by atomic mass is 35.5. The van der Waals surface area contributed by atoms with Gasteiger partial charge >= 0.3 is 0 Å². The molecule has 1 aromatic carbocycles. The van der Waals surface area contributed by atoms with Gasteiger partial charge in [0.1, 0.15) is 11.5 Å². The molecule has 2 rings (SSSR count). The molecule has 0 spiro atoms. The summed E-state index contributed by atoms with van der Waals surface area (Å²) < 4.78 is 11.1. The topological polar surface area (TPSA) is 47.6 Å². The summed E-state index contributed by atoms with van der Waals surface area (Å²) in [5.41, 5.74) is 0.510. The summed E-state index contributed by atoms with van der Waals surface area (Å²) in [6.07, 6.45) is 0.754. The zero-order valence-electron chi connectivity index (χ0n) is 11.8. The third-order valence-electron chi connectivity index (χ3n) is 2.90. The number of thiophene rings is 1. The molecule has 4 nitrogen and oxygen atoms in total. The standard InChI is InChI=1S/C15H16ClNO3S/c1-19-11-7-10(8-12(9-11)20-2)15(18)17-6-5-13-3-4-14(16)21-13/h3-4,7-9H,5-6H2,1-2H3,(H,17,18). The van der Waals surface area contributed by atoms with Gasteiger partial charge in [-0.15, -0.1) is 11.3 Å². The normalized spacial score (nSPS) is 10.2. The van der Waals surface area contributed by atoms with Crippen LogP contribution in [0.15, 0.2) is 30.3 Å². The summed E-state index contributed by atoms with van der Waals surface area (Å²) in [7, 11) is 3.11. The van der Waals surface area contributed by atoms with Crippen molar-refractivity contribution in [3.63, 3.8) is 0 Å². The summed E-state index contributed by atoms with van der Waals surface area (Å²) >= 11 is 7.39. The number of carbonyl (C=O) groups is 1. The number of hydrogen-bond acceptors (Lipinski definition) is 4. The molecule has 112 valence electrons. The molecule has 0 saturated carbocycles. The minimum atomic E-state index is -0.158. The lowest BCUT2D eigenvalue weighted by molar-refractivity contribution is 0.0953. The van der Waals surface area contributed by atoms with Gasteiger partial charge in [0, 0.05) is 23.1 Å². The van der Waals surface area contributed by atoms with Gasteiger partial charge in [-0.2, -0.15) is 0 Å². The van der Waals surface area contributed by atoms with Gasteiger partial charge in [-0.3, -0.25) is 4.79 Å². The second kappa shape index (κ2) is 7.33. The SMILES string of the molecule is COc1cc(OC)cc(C(=O)NCCc2ccc(Cl)s2)c1. The van der Waals surface area contributed by atoms with E-state index in [9.17, 15) is 4.79 Å². The Balaban J connectivity index is 1.96.